The summed E-state index contributed by atoms with van der Waals surface area (Å²) in [6.45, 7) is 6.09. The van der Waals surface area contributed by atoms with E-state index in [1.807, 2.05) is 31.2 Å². The Bertz CT molecular complexity index is 576. The first-order chi connectivity index (χ1) is 9.47. The van der Waals surface area contributed by atoms with Gasteiger partial charge < -0.3 is 10.5 Å². The van der Waals surface area contributed by atoms with Crippen LogP contribution in [0.5, 0.6) is 11.5 Å². The highest BCUT2D eigenvalue weighted by Gasteiger charge is 2.10. The third-order valence-corrected chi connectivity index (χ3v) is 3.24. The van der Waals surface area contributed by atoms with E-state index in [9.17, 15) is 4.39 Å². The quantitative estimate of drug-likeness (QED) is 0.871. The molecule has 2 aromatic rings. The summed E-state index contributed by atoms with van der Waals surface area (Å²) in [6.07, 6.45) is 0. The van der Waals surface area contributed by atoms with Gasteiger partial charge in [0, 0.05) is 11.6 Å². The zero-order valence-electron chi connectivity index (χ0n) is 12.1. The molecule has 2 aromatic carbocycles. The van der Waals surface area contributed by atoms with Crippen molar-refractivity contribution in [2.45, 2.75) is 32.7 Å². The number of halogens is 1. The summed E-state index contributed by atoms with van der Waals surface area (Å²) in [5.74, 6) is 1.50. The van der Waals surface area contributed by atoms with E-state index in [4.69, 9.17) is 10.5 Å². The second-order valence-corrected chi connectivity index (χ2v) is 5.30. The average Bonchev–Trinajstić information content (AvgIpc) is 2.41. The minimum atomic E-state index is -0.306. The summed E-state index contributed by atoms with van der Waals surface area (Å²) in [4.78, 5) is 0. The van der Waals surface area contributed by atoms with Crippen molar-refractivity contribution in [3.05, 3.63) is 59.4 Å². The van der Waals surface area contributed by atoms with Crippen molar-refractivity contribution in [1.82, 2.24) is 0 Å². The van der Waals surface area contributed by atoms with E-state index in [0.717, 1.165) is 5.75 Å². The standard InChI is InChI=1S/C17H20FNO/c1-11(2)13-4-7-15(8-5-13)20-17-9-6-14(18)10-16(17)12(3)19/h4-12H,19H2,1-3H3/t12-/m1/s1. The van der Waals surface area contributed by atoms with Crippen molar-refractivity contribution in [2.75, 3.05) is 0 Å². The Kier molecular flexibility index (Phi) is 4.40. The maximum Gasteiger partial charge on any atom is 0.132 e. The number of benzene rings is 2. The fourth-order valence-electron chi connectivity index (χ4n) is 2.02. The first-order valence-electron chi connectivity index (χ1n) is 6.80. The zero-order valence-corrected chi connectivity index (χ0v) is 12.1. The summed E-state index contributed by atoms with van der Waals surface area (Å²) in [5, 5.41) is 0. The summed E-state index contributed by atoms with van der Waals surface area (Å²) in [7, 11) is 0. The van der Waals surface area contributed by atoms with Crippen molar-refractivity contribution < 1.29 is 9.13 Å². The van der Waals surface area contributed by atoms with Crippen LogP contribution in [-0.2, 0) is 0 Å². The largest absolute Gasteiger partial charge is 0.457 e. The van der Waals surface area contributed by atoms with Gasteiger partial charge >= 0.3 is 0 Å². The Hall–Kier alpha value is -1.87. The van der Waals surface area contributed by atoms with Gasteiger partial charge in [0.25, 0.3) is 0 Å². The molecular weight excluding hydrogens is 253 g/mol. The predicted molar refractivity (Wildman–Crippen MR) is 79.6 cm³/mol. The first kappa shape index (κ1) is 14.5. The number of hydrogen-bond donors (Lipinski definition) is 1. The minimum Gasteiger partial charge on any atom is -0.457 e. The van der Waals surface area contributed by atoms with Crippen LogP contribution in [0.15, 0.2) is 42.5 Å². The average molecular weight is 273 g/mol. The molecule has 0 aliphatic heterocycles. The molecular formula is C17H20FNO. The van der Waals surface area contributed by atoms with Gasteiger partial charge in [-0.1, -0.05) is 26.0 Å². The van der Waals surface area contributed by atoms with Gasteiger partial charge in [-0.05, 0) is 48.7 Å². The second kappa shape index (κ2) is 6.06. The van der Waals surface area contributed by atoms with E-state index in [1.165, 1.54) is 17.7 Å². The monoisotopic (exact) mass is 273 g/mol. The smallest absolute Gasteiger partial charge is 0.132 e. The Morgan fingerprint density at radius 1 is 1.00 bits per heavy atom. The summed E-state index contributed by atoms with van der Waals surface area (Å²) in [5.41, 5.74) is 7.77. The number of rotatable bonds is 4. The Morgan fingerprint density at radius 3 is 2.20 bits per heavy atom. The lowest BCUT2D eigenvalue weighted by atomic mass is 10.0. The summed E-state index contributed by atoms with van der Waals surface area (Å²) >= 11 is 0. The molecule has 2 N–H and O–H groups in total. The molecule has 0 aromatic heterocycles. The van der Waals surface area contributed by atoms with Crippen LogP contribution < -0.4 is 10.5 Å². The summed E-state index contributed by atoms with van der Waals surface area (Å²) < 4.78 is 19.1. The Balaban J connectivity index is 2.25. The molecule has 0 radical (unpaired) electrons. The fraction of sp³-hybridized carbons (Fsp3) is 0.294. The van der Waals surface area contributed by atoms with Gasteiger partial charge in [-0.3, -0.25) is 0 Å². The number of nitrogens with two attached hydrogens (primary N) is 1. The van der Waals surface area contributed by atoms with Gasteiger partial charge in [-0.25, -0.2) is 4.39 Å². The van der Waals surface area contributed by atoms with Crippen molar-refractivity contribution in [3.8, 4) is 11.5 Å². The summed E-state index contributed by atoms with van der Waals surface area (Å²) in [6, 6.07) is 12.0. The first-order valence-corrected chi connectivity index (χ1v) is 6.80. The Morgan fingerprint density at radius 2 is 1.65 bits per heavy atom. The van der Waals surface area contributed by atoms with Crippen LogP contribution in [-0.4, -0.2) is 0 Å². The third-order valence-electron chi connectivity index (χ3n) is 3.24. The molecule has 0 heterocycles. The van der Waals surface area contributed by atoms with Crippen molar-refractivity contribution in [2.24, 2.45) is 5.73 Å². The van der Waals surface area contributed by atoms with Gasteiger partial charge in [0.05, 0.1) is 0 Å². The predicted octanol–water partition coefficient (Wildman–Crippen LogP) is 4.76. The van der Waals surface area contributed by atoms with E-state index >= 15 is 0 Å². The molecule has 20 heavy (non-hydrogen) atoms. The van der Waals surface area contributed by atoms with Gasteiger partial charge in [-0.2, -0.15) is 0 Å². The van der Waals surface area contributed by atoms with Crippen LogP contribution in [0.25, 0.3) is 0 Å². The molecule has 0 spiro atoms. The second-order valence-electron chi connectivity index (χ2n) is 5.30. The van der Waals surface area contributed by atoms with Crippen molar-refractivity contribution in [3.63, 3.8) is 0 Å². The topological polar surface area (TPSA) is 35.2 Å². The molecule has 0 saturated carbocycles. The van der Waals surface area contributed by atoms with Crippen LogP contribution in [0.2, 0.25) is 0 Å². The van der Waals surface area contributed by atoms with Crippen LogP contribution in [0, 0.1) is 5.82 Å². The zero-order chi connectivity index (χ0) is 14.7. The highest BCUT2D eigenvalue weighted by atomic mass is 19.1. The lowest BCUT2D eigenvalue weighted by Crippen LogP contribution is -2.07. The number of hydrogen-bond acceptors (Lipinski definition) is 2. The SMILES string of the molecule is CC(C)c1ccc(Oc2ccc(F)cc2[C@@H](C)N)cc1. The van der Waals surface area contributed by atoms with Crippen molar-refractivity contribution in [1.29, 1.82) is 0 Å². The molecule has 0 fully saturated rings. The molecule has 2 nitrogen and oxygen atoms in total. The van der Waals surface area contributed by atoms with Crippen molar-refractivity contribution >= 4 is 0 Å². The van der Waals surface area contributed by atoms with Gasteiger partial charge in [-0.15, -0.1) is 0 Å². The minimum absolute atomic E-state index is 0.282. The maximum absolute atomic E-state index is 13.3. The van der Waals surface area contributed by atoms with E-state index in [1.54, 1.807) is 6.07 Å². The third kappa shape index (κ3) is 3.36. The van der Waals surface area contributed by atoms with E-state index in [0.29, 0.717) is 17.2 Å². The lowest BCUT2D eigenvalue weighted by molar-refractivity contribution is 0.469. The molecule has 0 bridgehead atoms. The van der Waals surface area contributed by atoms with Gasteiger partial charge in [0.2, 0.25) is 0 Å². The highest BCUT2D eigenvalue weighted by molar-refractivity contribution is 5.40. The normalized spacial score (nSPS) is 12.5. The molecule has 0 aliphatic rings. The highest BCUT2D eigenvalue weighted by Crippen LogP contribution is 2.30. The van der Waals surface area contributed by atoms with Crippen LogP contribution in [0.4, 0.5) is 4.39 Å². The Labute approximate surface area is 119 Å². The van der Waals surface area contributed by atoms with E-state index < -0.39 is 0 Å². The molecule has 1 atom stereocenters. The lowest BCUT2D eigenvalue weighted by Gasteiger charge is -2.14. The van der Waals surface area contributed by atoms with Crippen LogP contribution in [0.3, 0.4) is 0 Å². The molecule has 106 valence electrons. The van der Waals surface area contributed by atoms with E-state index in [-0.39, 0.29) is 11.9 Å². The van der Waals surface area contributed by atoms with Gasteiger partial charge in [0.15, 0.2) is 0 Å². The molecule has 0 aliphatic carbocycles. The molecule has 0 unspecified atom stereocenters. The molecule has 3 heteroatoms. The fourth-order valence-corrected chi connectivity index (χ4v) is 2.02. The van der Waals surface area contributed by atoms with Crippen LogP contribution in [0.1, 0.15) is 43.9 Å². The van der Waals surface area contributed by atoms with Gasteiger partial charge in [0.1, 0.15) is 17.3 Å². The van der Waals surface area contributed by atoms with Crippen LogP contribution >= 0.6 is 0 Å². The van der Waals surface area contributed by atoms with E-state index in [2.05, 4.69) is 13.8 Å². The molecule has 2 rings (SSSR count). The molecule has 0 saturated heterocycles. The number of ether oxygens (including phenoxy) is 1. The molecule has 0 amide bonds. The maximum atomic E-state index is 13.3.